The summed E-state index contributed by atoms with van der Waals surface area (Å²) in [6.07, 6.45) is 0. The van der Waals surface area contributed by atoms with Gasteiger partial charge in [0, 0.05) is 0 Å². The summed E-state index contributed by atoms with van der Waals surface area (Å²) in [5.74, 6) is 0. The maximum Gasteiger partial charge on any atom is 0.179 e. The molecule has 0 aliphatic heterocycles. The van der Waals surface area contributed by atoms with Gasteiger partial charge >= 0.3 is 0 Å². The molecule has 4 rings (SSSR count). The van der Waals surface area contributed by atoms with E-state index in [1.807, 2.05) is 0 Å². The van der Waals surface area contributed by atoms with E-state index in [1.165, 1.54) is 20.7 Å². The van der Waals surface area contributed by atoms with E-state index in [1.54, 1.807) is 0 Å². The molecule has 4 aromatic carbocycles. The summed E-state index contributed by atoms with van der Waals surface area (Å²) in [4.78, 5) is 0. The SMILES string of the molecule is [SiH3]Cl.c1ccc([Si](c2ccccc2)(c2ccccc2)c2ccccc2)cc1. The lowest BCUT2D eigenvalue weighted by atomic mass is 10.3. The number of benzene rings is 4. The molecule has 0 heterocycles. The summed E-state index contributed by atoms with van der Waals surface area (Å²) in [5.41, 5.74) is 0. The van der Waals surface area contributed by atoms with Gasteiger partial charge in [-0.25, -0.2) is 0 Å². The summed E-state index contributed by atoms with van der Waals surface area (Å²) < 4.78 is 0. The van der Waals surface area contributed by atoms with Gasteiger partial charge in [0.15, 0.2) is 8.07 Å². The van der Waals surface area contributed by atoms with Crippen molar-refractivity contribution in [3.8, 4) is 0 Å². The molecule has 134 valence electrons. The van der Waals surface area contributed by atoms with Crippen LogP contribution in [0, 0.1) is 0 Å². The maximum atomic E-state index is 4.78. The molecule has 0 nitrogen and oxygen atoms in total. The molecule has 0 aliphatic carbocycles. The fourth-order valence-electron chi connectivity index (χ4n) is 3.75. The smallest absolute Gasteiger partial charge is 0.179 e. The lowest BCUT2D eigenvalue weighted by molar-refractivity contribution is 1.66. The molecule has 0 radical (unpaired) electrons. The van der Waals surface area contributed by atoms with Crippen LogP contribution in [0.5, 0.6) is 0 Å². The summed E-state index contributed by atoms with van der Waals surface area (Å²) in [6, 6.07) is 44.0. The molecule has 27 heavy (non-hydrogen) atoms. The number of halogens is 1. The Hall–Kier alpha value is -2.40. The largest absolute Gasteiger partial charge is 0.181 e. The average molecular weight is 403 g/mol. The Kier molecular flexibility index (Phi) is 6.82. The van der Waals surface area contributed by atoms with Gasteiger partial charge in [-0.2, -0.15) is 11.1 Å². The first-order valence-corrected chi connectivity index (χ1v) is 14.0. The van der Waals surface area contributed by atoms with E-state index in [0.717, 1.165) is 9.55 Å². The molecule has 0 fully saturated rings. The highest BCUT2D eigenvalue weighted by molar-refractivity contribution is 7.19. The van der Waals surface area contributed by atoms with Crippen LogP contribution in [0.2, 0.25) is 0 Å². The fraction of sp³-hybridized carbons (Fsp3) is 0. The zero-order valence-corrected chi connectivity index (χ0v) is 19.2. The zero-order valence-electron chi connectivity index (χ0n) is 15.4. The van der Waals surface area contributed by atoms with E-state index < -0.39 is 8.07 Å². The molecule has 0 amide bonds. The second-order valence-electron chi connectivity index (χ2n) is 6.21. The minimum Gasteiger partial charge on any atom is -0.181 e. The lowest BCUT2D eigenvalue weighted by Crippen LogP contribution is -2.74. The number of hydrogen-bond donors (Lipinski definition) is 0. The van der Waals surface area contributed by atoms with Gasteiger partial charge in [0.1, 0.15) is 9.55 Å². The van der Waals surface area contributed by atoms with E-state index >= 15 is 0 Å². The Bertz CT molecular complexity index is 763. The summed E-state index contributed by atoms with van der Waals surface area (Å²) >= 11 is 4.78. The summed E-state index contributed by atoms with van der Waals surface area (Å²) in [5, 5.41) is 5.66. The van der Waals surface area contributed by atoms with Gasteiger partial charge in [0.25, 0.3) is 0 Å². The molecule has 3 heteroatoms. The van der Waals surface area contributed by atoms with E-state index in [4.69, 9.17) is 11.1 Å². The number of rotatable bonds is 4. The molecular formula is C24H23ClSi2. The van der Waals surface area contributed by atoms with Crippen molar-refractivity contribution in [1.82, 2.24) is 0 Å². The Morgan fingerprint density at radius 2 is 0.556 bits per heavy atom. The highest BCUT2D eigenvalue weighted by Gasteiger charge is 2.40. The third-order valence-electron chi connectivity index (χ3n) is 4.83. The Labute approximate surface area is 170 Å². The van der Waals surface area contributed by atoms with Crippen molar-refractivity contribution in [3.63, 3.8) is 0 Å². The van der Waals surface area contributed by atoms with Crippen molar-refractivity contribution in [3.05, 3.63) is 121 Å². The molecule has 0 unspecified atom stereocenters. The first-order chi connectivity index (χ1) is 13.4. The van der Waals surface area contributed by atoms with E-state index in [9.17, 15) is 0 Å². The number of hydrogen-bond acceptors (Lipinski definition) is 0. The molecule has 0 atom stereocenters. The second-order valence-corrected chi connectivity index (χ2v) is 10.0. The normalized spacial score (nSPS) is 10.7. The van der Waals surface area contributed by atoms with Crippen LogP contribution in [0.3, 0.4) is 0 Å². The van der Waals surface area contributed by atoms with Crippen molar-refractivity contribution in [1.29, 1.82) is 0 Å². The quantitative estimate of drug-likeness (QED) is 0.279. The highest BCUT2D eigenvalue weighted by atomic mass is 35.6. The molecule has 0 spiro atoms. The van der Waals surface area contributed by atoms with Crippen molar-refractivity contribution in [2.75, 3.05) is 0 Å². The standard InChI is InChI=1S/C24H20Si.ClH3Si/c1-5-13-21(14-6-1)25(22-15-7-2-8-16-22,23-17-9-3-10-18-23)24-19-11-4-12-20-24;1-2/h1-20H;2H3. The lowest BCUT2D eigenvalue weighted by Gasteiger charge is -2.34. The van der Waals surface area contributed by atoms with Crippen LogP contribution < -0.4 is 20.7 Å². The summed E-state index contributed by atoms with van der Waals surface area (Å²) in [7, 11) is -1.52. The second kappa shape index (κ2) is 9.51. The first kappa shape index (κ1) is 19.4. The third kappa shape index (κ3) is 3.83. The zero-order chi connectivity index (χ0) is 19.0. The monoisotopic (exact) mass is 402 g/mol. The maximum absolute atomic E-state index is 4.78. The predicted octanol–water partition coefficient (Wildman–Crippen LogP) is 2.57. The fourth-order valence-corrected chi connectivity index (χ4v) is 8.52. The summed E-state index contributed by atoms with van der Waals surface area (Å²) in [6.45, 7) is 0. The van der Waals surface area contributed by atoms with Crippen molar-refractivity contribution in [2.45, 2.75) is 0 Å². The molecule has 4 aromatic rings. The predicted molar refractivity (Wildman–Crippen MR) is 126 cm³/mol. The molecule has 0 N–H and O–H groups in total. The Balaban J connectivity index is 0.00000102. The van der Waals surface area contributed by atoms with Gasteiger partial charge < -0.3 is 0 Å². The Morgan fingerprint density at radius 3 is 0.741 bits per heavy atom. The van der Waals surface area contributed by atoms with Crippen molar-refractivity contribution in [2.24, 2.45) is 0 Å². The molecule has 0 saturated heterocycles. The van der Waals surface area contributed by atoms with Gasteiger partial charge in [-0.1, -0.05) is 121 Å². The molecule has 0 bridgehead atoms. The van der Waals surface area contributed by atoms with Gasteiger partial charge in [-0.15, -0.1) is 0 Å². The average Bonchev–Trinajstić information content (AvgIpc) is 2.79. The van der Waals surface area contributed by atoms with E-state index in [-0.39, 0.29) is 0 Å². The van der Waals surface area contributed by atoms with Crippen LogP contribution in [-0.2, 0) is 0 Å². The highest BCUT2D eigenvalue weighted by Crippen LogP contribution is 2.09. The molecule has 0 saturated carbocycles. The molecule has 0 aromatic heterocycles. The minimum absolute atomic E-state index is 0.778. The minimum atomic E-state index is -2.30. The van der Waals surface area contributed by atoms with Gasteiger partial charge in [0.2, 0.25) is 0 Å². The van der Waals surface area contributed by atoms with E-state index in [0.29, 0.717) is 0 Å². The van der Waals surface area contributed by atoms with Crippen LogP contribution in [0.15, 0.2) is 121 Å². The van der Waals surface area contributed by atoms with Gasteiger partial charge in [0.05, 0.1) is 0 Å². The van der Waals surface area contributed by atoms with Crippen molar-refractivity contribution >= 4 is 49.5 Å². The van der Waals surface area contributed by atoms with Crippen LogP contribution in [0.4, 0.5) is 0 Å². The third-order valence-corrected chi connectivity index (χ3v) is 9.62. The topological polar surface area (TPSA) is 0 Å². The van der Waals surface area contributed by atoms with Crippen LogP contribution in [0.25, 0.3) is 0 Å². The first-order valence-electron chi connectivity index (χ1n) is 9.02. The van der Waals surface area contributed by atoms with E-state index in [2.05, 4.69) is 121 Å². The van der Waals surface area contributed by atoms with Crippen LogP contribution in [0.1, 0.15) is 0 Å². The van der Waals surface area contributed by atoms with Gasteiger partial charge in [-0.3, -0.25) is 0 Å². The Morgan fingerprint density at radius 1 is 0.370 bits per heavy atom. The molecule has 0 aliphatic rings. The van der Waals surface area contributed by atoms with Crippen molar-refractivity contribution < 1.29 is 0 Å². The molecular weight excluding hydrogens is 380 g/mol. The van der Waals surface area contributed by atoms with Crippen LogP contribution >= 0.6 is 11.1 Å². The van der Waals surface area contributed by atoms with Crippen LogP contribution in [-0.4, -0.2) is 17.6 Å². The van der Waals surface area contributed by atoms with Gasteiger partial charge in [-0.05, 0) is 20.7 Å².